The van der Waals surface area contributed by atoms with Crippen LogP contribution in [-0.2, 0) is 14.3 Å². The van der Waals surface area contributed by atoms with Crippen LogP contribution in [-0.4, -0.2) is 87.5 Å². The lowest BCUT2D eigenvalue weighted by atomic mass is 9.99. The Labute approximate surface area is 331 Å². The molecule has 1 saturated heterocycles. The van der Waals surface area contributed by atoms with E-state index in [4.69, 9.17) is 9.47 Å². The van der Waals surface area contributed by atoms with Crippen molar-refractivity contribution in [2.45, 2.75) is 256 Å². The Morgan fingerprint density at radius 1 is 0.611 bits per heavy atom. The molecule has 0 aliphatic carbocycles. The molecule has 7 atom stereocenters. The van der Waals surface area contributed by atoms with Gasteiger partial charge in [-0.1, -0.05) is 199 Å². The lowest BCUT2D eigenvalue weighted by Crippen LogP contribution is -2.60. The summed E-state index contributed by atoms with van der Waals surface area (Å²) in [4.78, 5) is 12.9. The number of nitrogens with one attached hydrogen (secondary N) is 1. The summed E-state index contributed by atoms with van der Waals surface area (Å²) in [6.07, 6.45) is 33.9. The summed E-state index contributed by atoms with van der Waals surface area (Å²) in [7, 11) is 0. The average Bonchev–Trinajstić information content (AvgIpc) is 3.17. The standard InChI is InChI=1S/C45H87NO8/c1-3-5-7-9-11-13-15-17-19-20-21-23-25-27-29-31-33-35-41(49)46-38(37-53-45-44(52)43(51)42(50)40(36-47)54-45)39(48)34-32-30-28-26-24-22-18-16-14-12-10-8-6-4-2/h32,34,38-40,42-45,47-48,50-52H,3-31,33,35-37H2,1-2H3,(H,46,49)/b34-32+. The number of carbonyl (C=O) groups excluding carboxylic acids is 1. The monoisotopic (exact) mass is 770 g/mol. The van der Waals surface area contributed by atoms with E-state index in [-0.39, 0.29) is 12.5 Å². The molecule has 0 spiro atoms. The number of amides is 1. The van der Waals surface area contributed by atoms with Gasteiger partial charge < -0.3 is 40.3 Å². The van der Waals surface area contributed by atoms with Crippen LogP contribution in [0.25, 0.3) is 0 Å². The van der Waals surface area contributed by atoms with Crippen LogP contribution in [0.3, 0.4) is 0 Å². The van der Waals surface area contributed by atoms with Gasteiger partial charge in [0, 0.05) is 6.42 Å². The quantitative estimate of drug-likeness (QED) is 0.0269. The first-order valence-corrected chi connectivity index (χ1v) is 22.9. The predicted octanol–water partition coefficient (Wildman–Crippen LogP) is 9.34. The Morgan fingerprint density at radius 2 is 1.02 bits per heavy atom. The molecule has 0 aromatic rings. The fraction of sp³-hybridized carbons (Fsp3) is 0.933. The Hall–Kier alpha value is -1.07. The van der Waals surface area contributed by atoms with E-state index in [2.05, 4.69) is 19.2 Å². The highest BCUT2D eigenvalue weighted by molar-refractivity contribution is 5.76. The molecule has 54 heavy (non-hydrogen) atoms. The first kappa shape index (κ1) is 50.9. The molecule has 1 amide bonds. The van der Waals surface area contributed by atoms with E-state index in [1.807, 2.05) is 6.08 Å². The first-order chi connectivity index (χ1) is 26.3. The lowest BCUT2D eigenvalue weighted by Gasteiger charge is -2.40. The fourth-order valence-electron chi connectivity index (χ4n) is 7.39. The van der Waals surface area contributed by atoms with Gasteiger partial charge in [-0.2, -0.15) is 0 Å². The highest BCUT2D eigenvalue weighted by atomic mass is 16.7. The van der Waals surface area contributed by atoms with Crippen LogP contribution < -0.4 is 5.32 Å². The van der Waals surface area contributed by atoms with Crippen molar-refractivity contribution in [3.63, 3.8) is 0 Å². The molecule has 1 rings (SSSR count). The first-order valence-electron chi connectivity index (χ1n) is 22.9. The van der Waals surface area contributed by atoms with E-state index in [9.17, 15) is 30.3 Å². The number of aliphatic hydroxyl groups is 5. The third kappa shape index (κ3) is 26.7. The normalized spacial score (nSPS) is 21.5. The zero-order valence-electron chi connectivity index (χ0n) is 35.0. The number of carbonyl (C=O) groups is 1. The molecule has 320 valence electrons. The molecule has 9 nitrogen and oxygen atoms in total. The Bertz CT molecular complexity index is 858. The molecular formula is C45H87NO8. The highest BCUT2D eigenvalue weighted by Crippen LogP contribution is 2.23. The Balaban J connectivity index is 2.35. The predicted molar refractivity (Wildman–Crippen MR) is 221 cm³/mol. The van der Waals surface area contributed by atoms with Gasteiger partial charge in [0.05, 0.1) is 25.4 Å². The van der Waals surface area contributed by atoms with E-state index in [0.717, 1.165) is 38.5 Å². The van der Waals surface area contributed by atoms with Crippen molar-refractivity contribution in [2.24, 2.45) is 0 Å². The van der Waals surface area contributed by atoms with Crippen LogP contribution >= 0.6 is 0 Å². The minimum Gasteiger partial charge on any atom is -0.394 e. The van der Waals surface area contributed by atoms with Gasteiger partial charge in [-0.05, 0) is 19.3 Å². The third-order valence-electron chi connectivity index (χ3n) is 11.1. The van der Waals surface area contributed by atoms with Crippen molar-refractivity contribution < 1.29 is 39.8 Å². The van der Waals surface area contributed by atoms with Crippen molar-refractivity contribution in [1.29, 1.82) is 0 Å². The molecule has 0 aromatic carbocycles. The van der Waals surface area contributed by atoms with Crippen molar-refractivity contribution in [3.8, 4) is 0 Å². The molecule has 1 aliphatic heterocycles. The van der Waals surface area contributed by atoms with E-state index in [0.29, 0.717) is 6.42 Å². The second-order valence-electron chi connectivity index (χ2n) is 16.2. The van der Waals surface area contributed by atoms with Crippen molar-refractivity contribution in [3.05, 3.63) is 12.2 Å². The van der Waals surface area contributed by atoms with E-state index in [1.54, 1.807) is 6.08 Å². The largest absolute Gasteiger partial charge is 0.394 e. The topological polar surface area (TPSA) is 149 Å². The number of ether oxygens (including phenoxy) is 2. The minimum atomic E-state index is -1.56. The van der Waals surface area contributed by atoms with E-state index >= 15 is 0 Å². The number of hydrogen-bond donors (Lipinski definition) is 6. The van der Waals surface area contributed by atoms with Crippen molar-refractivity contribution >= 4 is 5.91 Å². The van der Waals surface area contributed by atoms with Gasteiger partial charge in [-0.25, -0.2) is 0 Å². The second-order valence-corrected chi connectivity index (χ2v) is 16.2. The summed E-state index contributed by atoms with van der Waals surface area (Å²) in [5, 5.41) is 54.1. The van der Waals surface area contributed by atoms with Gasteiger partial charge >= 0.3 is 0 Å². The summed E-state index contributed by atoms with van der Waals surface area (Å²) in [5.74, 6) is -0.174. The summed E-state index contributed by atoms with van der Waals surface area (Å²) in [5.41, 5.74) is 0. The molecule has 6 N–H and O–H groups in total. The maximum absolute atomic E-state index is 12.9. The maximum atomic E-state index is 12.9. The van der Waals surface area contributed by atoms with E-state index < -0.39 is 49.5 Å². The zero-order chi connectivity index (χ0) is 39.5. The SMILES string of the molecule is CCCCCCCCCCCCCC/C=C/C(O)C(COC1OC(CO)C(O)C(O)C1O)NC(=O)CCCCCCCCCCCCCCCCCCC. The van der Waals surface area contributed by atoms with Gasteiger partial charge in [-0.15, -0.1) is 0 Å². The average molecular weight is 770 g/mol. The summed E-state index contributed by atoms with van der Waals surface area (Å²) in [6, 6.07) is -0.797. The number of unbranched alkanes of at least 4 members (excludes halogenated alkanes) is 28. The number of allylic oxidation sites excluding steroid dienone is 1. The van der Waals surface area contributed by atoms with Gasteiger partial charge in [-0.3, -0.25) is 4.79 Å². The molecule has 9 heteroatoms. The Kier molecular flexibility index (Phi) is 34.2. The number of aliphatic hydroxyl groups excluding tert-OH is 5. The minimum absolute atomic E-state index is 0.174. The fourth-order valence-corrected chi connectivity index (χ4v) is 7.39. The highest BCUT2D eigenvalue weighted by Gasteiger charge is 2.44. The lowest BCUT2D eigenvalue weighted by molar-refractivity contribution is -0.302. The number of rotatable bonds is 38. The Morgan fingerprint density at radius 3 is 1.44 bits per heavy atom. The zero-order valence-corrected chi connectivity index (χ0v) is 35.0. The summed E-state index contributed by atoms with van der Waals surface area (Å²) >= 11 is 0. The molecule has 1 heterocycles. The van der Waals surface area contributed by atoms with Crippen LogP contribution in [0.15, 0.2) is 12.2 Å². The van der Waals surface area contributed by atoms with Crippen molar-refractivity contribution in [1.82, 2.24) is 5.32 Å². The van der Waals surface area contributed by atoms with Gasteiger partial charge in [0.2, 0.25) is 5.91 Å². The molecule has 1 fully saturated rings. The smallest absolute Gasteiger partial charge is 0.220 e. The van der Waals surface area contributed by atoms with Crippen LogP contribution in [0.5, 0.6) is 0 Å². The van der Waals surface area contributed by atoms with E-state index in [1.165, 1.54) is 154 Å². The van der Waals surface area contributed by atoms with Crippen molar-refractivity contribution in [2.75, 3.05) is 13.2 Å². The summed E-state index contributed by atoms with van der Waals surface area (Å²) < 4.78 is 11.2. The van der Waals surface area contributed by atoms with Crippen LogP contribution in [0, 0.1) is 0 Å². The molecular weight excluding hydrogens is 682 g/mol. The van der Waals surface area contributed by atoms with Crippen LogP contribution in [0.1, 0.15) is 213 Å². The molecule has 7 unspecified atom stereocenters. The third-order valence-corrected chi connectivity index (χ3v) is 11.1. The second kappa shape index (κ2) is 36.3. The van der Waals surface area contributed by atoms with Gasteiger partial charge in [0.25, 0.3) is 0 Å². The van der Waals surface area contributed by atoms with Gasteiger partial charge in [0.1, 0.15) is 24.4 Å². The molecule has 1 aliphatic rings. The summed E-state index contributed by atoms with van der Waals surface area (Å²) in [6.45, 7) is 3.78. The maximum Gasteiger partial charge on any atom is 0.220 e. The molecule has 0 saturated carbocycles. The molecule has 0 radical (unpaired) electrons. The van der Waals surface area contributed by atoms with Crippen LogP contribution in [0.2, 0.25) is 0 Å². The molecule has 0 aromatic heterocycles. The van der Waals surface area contributed by atoms with Gasteiger partial charge in [0.15, 0.2) is 6.29 Å². The molecule has 0 bridgehead atoms. The van der Waals surface area contributed by atoms with Crippen LogP contribution in [0.4, 0.5) is 0 Å². The number of hydrogen-bond acceptors (Lipinski definition) is 8.